The maximum absolute atomic E-state index is 15.1. The molecule has 2 heterocycles. The van der Waals surface area contributed by atoms with Crippen molar-refractivity contribution in [2.45, 2.75) is 24.0 Å². The Morgan fingerprint density at radius 2 is 1.94 bits per heavy atom. The summed E-state index contributed by atoms with van der Waals surface area (Å²) in [5.74, 6) is -0.140. The molecule has 1 aliphatic heterocycles. The molecule has 0 aliphatic carbocycles. The molecule has 0 saturated carbocycles. The number of hydrogen-bond acceptors (Lipinski definition) is 8. The standard InChI is InChI=1S/C22H22FN3O6S/c1-30-15-5-4-14(19(10-15)31-2)13-26(22-24-7-3-8-25-22)33(28,29)21-12-20-16(11-17(21)23)18(27)6-9-32-20/h3-5,7-8,10-12,18,27H,6,9,13H2,1-2H3/t18-/m1/s1. The molecule has 0 amide bonds. The Labute approximate surface area is 190 Å². The van der Waals surface area contributed by atoms with E-state index < -0.39 is 26.8 Å². The Morgan fingerprint density at radius 3 is 2.64 bits per heavy atom. The number of benzene rings is 2. The SMILES string of the molecule is COc1ccc(CN(c2ncccn2)S(=O)(=O)c2cc3c(cc2F)[C@H](O)CCO3)c(OC)c1. The first-order chi connectivity index (χ1) is 15.8. The van der Waals surface area contributed by atoms with Gasteiger partial charge in [0.2, 0.25) is 5.95 Å². The molecule has 174 valence electrons. The minimum absolute atomic E-state index is 0.115. The lowest BCUT2D eigenvalue weighted by Crippen LogP contribution is -2.33. The molecule has 0 unspecified atom stereocenters. The predicted octanol–water partition coefficient (Wildman–Crippen LogP) is 2.84. The molecule has 1 N–H and O–H groups in total. The van der Waals surface area contributed by atoms with Crippen molar-refractivity contribution in [3.05, 3.63) is 65.7 Å². The van der Waals surface area contributed by atoms with Crippen molar-refractivity contribution in [3.63, 3.8) is 0 Å². The molecule has 11 heteroatoms. The van der Waals surface area contributed by atoms with Crippen LogP contribution in [-0.4, -0.2) is 44.3 Å². The van der Waals surface area contributed by atoms with E-state index >= 15 is 4.39 Å². The summed E-state index contributed by atoms with van der Waals surface area (Å²) < 4.78 is 59.3. The molecular weight excluding hydrogens is 453 g/mol. The highest BCUT2D eigenvalue weighted by atomic mass is 32.2. The van der Waals surface area contributed by atoms with Crippen molar-refractivity contribution in [3.8, 4) is 17.2 Å². The number of nitrogens with zero attached hydrogens (tertiary/aromatic N) is 3. The first-order valence-electron chi connectivity index (χ1n) is 10.00. The van der Waals surface area contributed by atoms with Gasteiger partial charge in [-0.3, -0.25) is 0 Å². The number of ether oxygens (including phenoxy) is 3. The molecule has 0 fully saturated rings. The molecule has 0 radical (unpaired) electrons. The number of methoxy groups -OCH3 is 2. The van der Waals surface area contributed by atoms with Crippen molar-refractivity contribution in [1.29, 1.82) is 0 Å². The van der Waals surface area contributed by atoms with Gasteiger partial charge in [0.05, 0.1) is 33.5 Å². The summed E-state index contributed by atoms with van der Waals surface area (Å²) in [6, 6.07) is 8.53. The third-order valence-electron chi connectivity index (χ3n) is 5.22. The van der Waals surface area contributed by atoms with Gasteiger partial charge >= 0.3 is 0 Å². The second-order valence-corrected chi connectivity index (χ2v) is 9.04. The van der Waals surface area contributed by atoms with Crippen molar-refractivity contribution in [1.82, 2.24) is 9.97 Å². The monoisotopic (exact) mass is 475 g/mol. The van der Waals surface area contributed by atoms with Gasteiger partial charge in [-0.25, -0.2) is 27.1 Å². The second kappa shape index (κ2) is 9.20. The number of fused-ring (bicyclic) bond motifs is 1. The van der Waals surface area contributed by atoms with E-state index in [1.165, 1.54) is 32.7 Å². The minimum Gasteiger partial charge on any atom is -0.497 e. The number of aromatic nitrogens is 2. The predicted molar refractivity (Wildman–Crippen MR) is 116 cm³/mol. The molecule has 9 nitrogen and oxygen atoms in total. The Bertz CT molecular complexity index is 1260. The molecular formula is C22H22FN3O6S. The highest BCUT2D eigenvalue weighted by molar-refractivity contribution is 7.92. The number of hydrogen-bond donors (Lipinski definition) is 1. The molecule has 0 bridgehead atoms. The zero-order chi connectivity index (χ0) is 23.6. The first kappa shape index (κ1) is 22.7. The van der Waals surface area contributed by atoms with E-state index in [-0.39, 0.29) is 30.4 Å². The van der Waals surface area contributed by atoms with E-state index in [4.69, 9.17) is 14.2 Å². The summed E-state index contributed by atoms with van der Waals surface area (Å²) in [5.41, 5.74) is 0.691. The number of sulfonamides is 1. The first-order valence-corrected chi connectivity index (χ1v) is 11.4. The zero-order valence-electron chi connectivity index (χ0n) is 17.9. The van der Waals surface area contributed by atoms with Crippen LogP contribution in [0.1, 0.15) is 23.7 Å². The Kier molecular flexibility index (Phi) is 6.34. The largest absolute Gasteiger partial charge is 0.497 e. The average molecular weight is 475 g/mol. The highest BCUT2D eigenvalue weighted by Gasteiger charge is 2.33. The fourth-order valence-electron chi connectivity index (χ4n) is 3.51. The van der Waals surface area contributed by atoms with E-state index in [0.717, 1.165) is 16.4 Å². The van der Waals surface area contributed by atoms with Gasteiger partial charge in [-0.15, -0.1) is 0 Å². The quantitative estimate of drug-likeness (QED) is 0.555. The maximum Gasteiger partial charge on any atom is 0.270 e. The molecule has 4 rings (SSSR count). The number of aliphatic hydroxyl groups is 1. The van der Waals surface area contributed by atoms with Crippen LogP contribution in [0.25, 0.3) is 0 Å². The number of halogens is 1. The van der Waals surface area contributed by atoms with Crippen LogP contribution < -0.4 is 18.5 Å². The normalized spacial score (nSPS) is 15.3. The van der Waals surface area contributed by atoms with Gasteiger partial charge < -0.3 is 19.3 Å². The van der Waals surface area contributed by atoms with Crippen LogP contribution in [0.2, 0.25) is 0 Å². The van der Waals surface area contributed by atoms with Crippen LogP contribution in [0.15, 0.2) is 53.7 Å². The topological polar surface area (TPSA) is 111 Å². The molecule has 0 saturated heterocycles. The Balaban J connectivity index is 1.82. The van der Waals surface area contributed by atoms with Gasteiger partial charge in [0.25, 0.3) is 10.0 Å². The molecule has 1 aromatic heterocycles. The van der Waals surface area contributed by atoms with Crippen molar-refractivity contribution in [2.24, 2.45) is 0 Å². The van der Waals surface area contributed by atoms with E-state index in [1.807, 2.05) is 0 Å². The lowest BCUT2D eigenvalue weighted by molar-refractivity contribution is 0.114. The second-order valence-electron chi connectivity index (χ2n) is 7.21. The van der Waals surface area contributed by atoms with E-state index in [1.54, 1.807) is 18.2 Å². The summed E-state index contributed by atoms with van der Waals surface area (Å²) in [6.07, 6.45) is 2.13. The lowest BCUT2D eigenvalue weighted by atomic mass is 10.0. The summed E-state index contributed by atoms with van der Waals surface area (Å²) in [5, 5.41) is 10.1. The smallest absolute Gasteiger partial charge is 0.270 e. The van der Waals surface area contributed by atoms with Crippen molar-refractivity contribution in [2.75, 3.05) is 25.1 Å². The van der Waals surface area contributed by atoms with Crippen molar-refractivity contribution >= 4 is 16.0 Å². The van der Waals surface area contributed by atoms with Crippen LogP contribution in [0.4, 0.5) is 10.3 Å². The van der Waals surface area contributed by atoms with Crippen LogP contribution in [0.3, 0.4) is 0 Å². The van der Waals surface area contributed by atoms with E-state index in [9.17, 15) is 13.5 Å². The number of rotatable bonds is 7. The zero-order valence-corrected chi connectivity index (χ0v) is 18.8. The van der Waals surface area contributed by atoms with Crippen LogP contribution in [0, 0.1) is 5.82 Å². The minimum atomic E-state index is -4.49. The molecule has 3 aromatic rings. The van der Waals surface area contributed by atoms with Gasteiger partial charge in [0.15, 0.2) is 0 Å². The highest BCUT2D eigenvalue weighted by Crippen LogP contribution is 2.37. The molecule has 33 heavy (non-hydrogen) atoms. The third kappa shape index (κ3) is 4.41. The van der Waals surface area contributed by atoms with Crippen molar-refractivity contribution < 1.29 is 32.1 Å². The Morgan fingerprint density at radius 1 is 1.18 bits per heavy atom. The fourth-order valence-corrected chi connectivity index (χ4v) is 4.93. The van der Waals surface area contributed by atoms with Gasteiger partial charge in [0, 0.05) is 42.1 Å². The summed E-state index contributed by atoms with van der Waals surface area (Å²) >= 11 is 0. The Hall–Kier alpha value is -3.44. The lowest BCUT2D eigenvalue weighted by Gasteiger charge is -2.26. The summed E-state index contributed by atoms with van der Waals surface area (Å²) in [4.78, 5) is 7.51. The fraction of sp³-hybridized carbons (Fsp3) is 0.273. The van der Waals surface area contributed by atoms with Crippen LogP contribution in [-0.2, 0) is 16.6 Å². The molecule has 0 spiro atoms. The maximum atomic E-state index is 15.1. The number of aliphatic hydroxyl groups excluding tert-OH is 1. The van der Waals surface area contributed by atoms with E-state index in [2.05, 4.69) is 9.97 Å². The van der Waals surface area contributed by atoms with Crippen LogP contribution >= 0.6 is 0 Å². The van der Waals surface area contributed by atoms with Crippen LogP contribution in [0.5, 0.6) is 17.2 Å². The molecule has 2 aromatic carbocycles. The summed E-state index contributed by atoms with van der Waals surface area (Å²) in [7, 11) is -1.54. The third-order valence-corrected chi connectivity index (χ3v) is 6.96. The van der Waals surface area contributed by atoms with Gasteiger partial charge in [-0.1, -0.05) is 0 Å². The van der Waals surface area contributed by atoms with E-state index in [0.29, 0.717) is 23.5 Å². The van der Waals surface area contributed by atoms with Gasteiger partial charge in [-0.05, 0) is 24.3 Å². The summed E-state index contributed by atoms with van der Waals surface area (Å²) in [6.45, 7) is -0.0482. The molecule has 1 aliphatic rings. The molecule has 1 atom stereocenters. The van der Waals surface area contributed by atoms with Gasteiger partial charge in [0.1, 0.15) is 28.0 Å². The van der Waals surface area contributed by atoms with Gasteiger partial charge in [-0.2, -0.15) is 0 Å². The number of anilines is 1. The average Bonchev–Trinajstić information content (AvgIpc) is 2.83.